The van der Waals surface area contributed by atoms with E-state index < -0.39 is 0 Å². The lowest BCUT2D eigenvalue weighted by Crippen LogP contribution is -2.18. The van der Waals surface area contributed by atoms with Gasteiger partial charge in [-0.1, -0.05) is 36.8 Å². The van der Waals surface area contributed by atoms with Crippen LogP contribution in [-0.4, -0.2) is 44.9 Å². The molecule has 0 amide bonds. The molecule has 7 nitrogen and oxygen atoms in total. The second-order valence-corrected chi connectivity index (χ2v) is 7.36. The molecule has 1 fully saturated rings. The molecule has 2 aliphatic rings. The second-order valence-electron chi connectivity index (χ2n) is 7.36. The van der Waals surface area contributed by atoms with Crippen molar-refractivity contribution in [1.82, 2.24) is 25.6 Å². The van der Waals surface area contributed by atoms with E-state index in [1.807, 2.05) is 6.07 Å². The molecule has 144 valence electrons. The highest BCUT2D eigenvalue weighted by molar-refractivity contribution is 5.86. The van der Waals surface area contributed by atoms with Gasteiger partial charge in [0, 0.05) is 17.7 Å². The molecule has 1 atom stereocenters. The molecular formula is C21H23N5O2. The fraction of sp³-hybridized carbons (Fsp3) is 0.429. The number of tetrazole rings is 1. The maximum atomic E-state index is 6.34. The van der Waals surface area contributed by atoms with Crippen molar-refractivity contribution < 1.29 is 9.47 Å². The highest BCUT2D eigenvalue weighted by Gasteiger charge is 2.28. The van der Waals surface area contributed by atoms with Crippen LogP contribution in [0.3, 0.4) is 0 Å². The van der Waals surface area contributed by atoms with Crippen molar-refractivity contribution in [2.75, 3.05) is 13.2 Å². The minimum absolute atomic E-state index is 0.00519. The lowest BCUT2D eigenvalue weighted by atomic mass is 9.91. The molecular weight excluding hydrogens is 354 g/mol. The summed E-state index contributed by atoms with van der Waals surface area (Å²) in [5.74, 6) is 1.11. The zero-order valence-corrected chi connectivity index (χ0v) is 15.7. The highest BCUT2D eigenvalue weighted by atomic mass is 16.5. The van der Waals surface area contributed by atoms with Gasteiger partial charge in [0.2, 0.25) is 11.7 Å². The van der Waals surface area contributed by atoms with E-state index >= 15 is 0 Å². The topological polar surface area (TPSA) is 85.8 Å². The summed E-state index contributed by atoms with van der Waals surface area (Å²) in [5.41, 5.74) is 5.52. The molecule has 0 radical (unpaired) electrons. The van der Waals surface area contributed by atoms with Crippen molar-refractivity contribution in [2.45, 2.75) is 44.6 Å². The fourth-order valence-corrected chi connectivity index (χ4v) is 4.14. The predicted octanol–water partition coefficient (Wildman–Crippen LogP) is 3.37. The molecule has 1 aliphatic carbocycles. The Morgan fingerprint density at radius 3 is 2.71 bits per heavy atom. The molecule has 1 aliphatic heterocycles. The molecule has 0 spiro atoms. The maximum absolute atomic E-state index is 6.34. The molecule has 2 aromatic heterocycles. The number of nitrogens with zero attached hydrogens (tertiary/aromatic N) is 4. The van der Waals surface area contributed by atoms with Crippen molar-refractivity contribution in [3.05, 3.63) is 41.6 Å². The van der Waals surface area contributed by atoms with Crippen LogP contribution in [0.25, 0.3) is 22.5 Å². The zero-order chi connectivity index (χ0) is 18.8. The van der Waals surface area contributed by atoms with Crippen LogP contribution in [0, 0.1) is 0 Å². The molecule has 1 saturated heterocycles. The van der Waals surface area contributed by atoms with Gasteiger partial charge in [-0.2, -0.15) is 5.21 Å². The van der Waals surface area contributed by atoms with E-state index in [4.69, 9.17) is 14.5 Å². The fourth-order valence-electron chi connectivity index (χ4n) is 4.14. The van der Waals surface area contributed by atoms with Gasteiger partial charge in [-0.25, -0.2) is 4.98 Å². The third-order valence-electron chi connectivity index (χ3n) is 5.49. The van der Waals surface area contributed by atoms with Crippen molar-refractivity contribution >= 4 is 0 Å². The number of ether oxygens (including phenoxy) is 2. The maximum Gasteiger partial charge on any atom is 0.226 e. The van der Waals surface area contributed by atoms with E-state index in [-0.39, 0.29) is 6.10 Å². The van der Waals surface area contributed by atoms with Gasteiger partial charge in [0.05, 0.1) is 18.8 Å². The number of hydrogen-bond acceptors (Lipinski definition) is 6. The van der Waals surface area contributed by atoms with Crippen LogP contribution >= 0.6 is 0 Å². The number of pyridine rings is 1. The van der Waals surface area contributed by atoms with E-state index in [1.165, 1.54) is 12.0 Å². The Morgan fingerprint density at radius 1 is 1.04 bits per heavy atom. The molecule has 0 saturated carbocycles. The normalized spacial score (nSPS) is 19.2. The third kappa shape index (κ3) is 3.26. The number of aryl methyl sites for hydroxylation is 1. The quantitative estimate of drug-likeness (QED) is 0.702. The van der Waals surface area contributed by atoms with E-state index in [0.717, 1.165) is 61.1 Å². The summed E-state index contributed by atoms with van der Waals surface area (Å²) in [5, 5.41) is 14.9. The van der Waals surface area contributed by atoms with Crippen LogP contribution in [-0.2, 0) is 17.6 Å². The summed E-state index contributed by atoms with van der Waals surface area (Å²) in [6.45, 7) is 1.31. The number of fused-ring (bicyclic) bond motifs is 1. The second kappa shape index (κ2) is 7.67. The molecule has 5 rings (SSSR count). The highest BCUT2D eigenvalue weighted by Crippen LogP contribution is 2.42. The first kappa shape index (κ1) is 17.3. The van der Waals surface area contributed by atoms with E-state index in [0.29, 0.717) is 18.3 Å². The number of aromatic amines is 1. The Hall–Kier alpha value is -2.80. The van der Waals surface area contributed by atoms with Gasteiger partial charge in [0.25, 0.3) is 0 Å². The van der Waals surface area contributed by atoms with E-state index in [2.05, 4.69) is 44.9 Å². The average Bonchev–Trinajstić information content (AvgIpc) is 3.39. The molecule has 0 unspecified atom stereocenters. The number of rotatable bonds is 4. The van der Waals surface area contributed by atoms with Gasteiger partial charge >= 0.3 is 0 Å². The lowest BCUT2D eigenvalue weighted by molar-refractivity contribution is 0.138. The minimum atomic E-state index is 0.00519. The predicted molar refractivity (Wildman–Crippen MR) is 104 cm³/mol. The van der Waals surface area contributed by atoms with E-state index in [1.54, 1.807) is 0 Å². The summed E-state index contributed by atoms with van der Waals surface area (Å²) < 4.78 is 11.8. The van der Waals surface area contributed by atoms with Gasteiger partial charge in [-0.15, -0.1) is 10.2 Å². The van der Waals surface area contributed by atoms with Gasteiger partial charge < -0.3 is 9.47 Å². The molecule has 0 bridgehead atoms. The lowest BCUT2D eigenvalue weighted by Gasteiger charge is -2.21. The Bertz CT molecular complexity index is 937. The number of benzene rings is 1. The molecule has 1 aromatic carbocycles. The Balaban J connectivity index is 1.75. The van der Waals surface area contributed by atoms with Crippen molar-refractivity contribution in [1.29, 1.82) is 0 Å². The summed E-state index contributed by atoms with van der Waals surface area (Å²) in [7, 11) is 0. The first-order chi connectivity index (χ1) is 13.9. The largest absolute Gasteiger partial charge is 0.471 e. The molecule has 3 aromatic rings. The van der Waals surface area contributed by atoms with Crippen molar-refractivity contribution in [2.24, 2.45) is 0 Å². The average molecular weight is 377 g/mol. The SMILES string of the molecule is c1ccc(-c2c3c(nc(O[C@@H]4CCOC4)c2-c2nn[nH]n2)CCCCC3)cc1. The number of hydrogen-bond donors (Lipinski definition) is 1. The van der Waals surface area contributed by atoms with Crippen LogP contribution in [0.2, 0.25) is 0 Å². The zero-order valence-electron chi connectivity index (χ0n) is 15.7. The van der Waals surface area contributed by atoms with Crippen molar-refractivity contribution in [3.63, 3.8) is 0 Å². The van der Waals surface area contributed by atoms with Gasteiger partial charge in [0.15, 0.2) is 0 Å². The van der Waals surface area contributed by atoms with Crippen molar-refractivity contribution in [3.8, 4) is 28.4 Å². The monoisotopic (exact) mass is 377 g/mol. The molecule has 28 heavy (non-hydrogen) atoms. The molecule has 1 N–H and O–H groups in total. The summed E-state index contributed by atoms with van der Waals surface area (Å²) in [6, 6.07) is 10.4. The summed E-state index contributed by atoms with van der Waals surface area (Å²) >= 11 is 0. The van der Waals surface area contributed by atoms with Gasteiger partial charge in [-0.3, -0.25) is 0 Å². The first-order valence-corrected chi connectivity index (χ1v) is 9.99. The van der Waals surface area contributed by atoms with Crippen LogP contribution in [0.4, 0.5) is 0 Å². The van der Waals surface area contributed by atoms with E-state index in [9.17, 15) is 0 Å². The van der Waals surface area contributed by atoms with Crippen LogP contribution in [0.1, 0.15) is 36.9 Å². The van der Waals surface area contributed by atoms with Gasteiger partial charge in [-0.05, 0) is 42.0 Å². The number of H-pyrrole nitrogens is 1. The number of nitrogens with one attached hydrogen (secondary N) is 1. The summed E-state index contributed by atoms with van der Waals surface area (Å²) in [6.07, 6.45) is 6.38. The van der Waals surface area contributed by atoms with Gasteiger partial charge in [0.1, 0.15) is 6.10 Å². The smallest absolute Gasteiger partial charge is 0.226 e. The molecule has 3 heterocycles. The number of aromatic nitrogens is 5. The Morgan fingerprint density at radius 2 is 1.93 bits per heavy atom. The molecule has 7 heteroatoms. The van der Waals surface area contributed by atoms with Crippen LogP contribution in [0.15, 0.2) is 30.3 Å². The third-order valence-corrected chi connectivity index (χ3v) is 5.49. The Labute approximate surface area is 163 Å². The van der Waals surface area contributed by atoms with Crippen LogP contribution < -0.4 is 4.74 Å². The minimum Gasteiger partial charge on any atom is -0.471 e. The standard InChI is InChI=1S/C21H23N5O2/c1-3-7-14(8-4-1)18-16-9-5-2-6-10-17(16)22-21(28-15-11-12-27-13-15)19(18)20-23-25-26-24-20/h1,3-4,7-8,15H,2,5-6,9-13H2,(H,23,24,25,26)/t15-/m1/s1. The first-order valence-electron chi connectivity index (χ1n) is 9.99. The van der Waals surface area contributed by atoms with Crippen LogP contribution in [0.5, 0.6) is 5.88 Å². The Kier molecular flexibility index (Phi) is 4.74. The summed E-state index contributed by atoms with van der Waals surface area (Å²) in [4.78, 5) is 4.98.